The van der Waals surface area contributed by atoms with Gasteiger partial charge < -0.3 is 4.74 Å². The minimum Gasteiger partial charge on any atom is -0.485 e. The Labute approximate surface area is 124 Å². The summed E-state index contributed by atoms with van der Waals surface area (Å²) in [5, 5.41) is 0.647. The van der Waals surface area contributed by atoms with Crippen LogP contribution < -0.4 is 4.74 Å². The summed E-state index contributed by atoms with van der Waals surface area (Å²) in [6.07, 6.45) is 0. The summed E-state index contributed by atoms with van der Waals surface area (Å²) in [6, 6.07) is 10.9. The van der Waals surface area contributed by atoms with E-state index in [9.17, 15) is 4.79 Å². The number of rotatable bonds is 4. The summed E-state index contributed by atoms with van der Waals surface area (Å²) in [5.41, 5.74) is 4.02. The Hall–Kier alpha value is -1.80. The Kier molecular flexibility index (Phi) is 4.46. The van der Waals surface area contributed by atoms with Gasteiger partial charge in [0.2, 0.25) is 0 Å². The third kappa shape index (κ3) is 3.40. The van der Waals surface area contributed by atoms with E-state index in [0.29, 0.717) is 10.8 Å². The Morgan fingerprint density at radius 2 is 1.60 bits per heavy atom. The Morgan fingerprint density at radius 3 is 2.25 bits per heavy atom. The predicted molar refractivity (Wildman–Crippen MR) is 81.9 cm³/mol. The molecule has 0 spiro atoms. The SMILES string of the molecule is Cc1cc(C)c(C(=O)COc2ccc(Cl)cc2)cc1C. The Bertz CT molecular complexity index is 630. The van der Waals surface area contributed by atoms with Crippen LogP contribution in [-0.2, 0) is 0 Å². The first kappa shape index (κ1) is 14.6. The fourth-order valence-electron chi connectivity index (χ4n) is 2.02. The maximum atomic E-state index is 12.2. The fourth-order valence-corrected chi connectivity index (χ4v) is 2.14. The van der Waals surface area contributed by atoms with E-state index in [1.54, 1.807) is 24.3 Å². The first-order chi connectivity index (χ1) is 9.47. The quantitative estimate of drug-likeness (QED) is 0.773. The summed E-state index contributed by atoms with van der Waals surface area (Å²) in [5.74, 6) is 0.629. The van der Waals surface area contributed by atoms with E-state index in [1.807, 2.05) is 32.9 Å². The molecule has 20 heavy (non-hydrogen) atoms. The van der Waals surface area contributed by atoms with Crippen molar-refractivity contribution in [2.75, 3.05) is 6.61 Å². The molecule has 0 radical (unpaired) electrons. The van der Waals surface area contributed by atoms with E-state index in [-0.39, 0.29) is 12.4 Å². The molecule has 0 saturated carbocycles. The lowest BCUT2D eigenvalue weighted by Crippen LogP contribution is -2.13. The third-order valence-electron chi connectivity index (χ3n) is 3.32. The zero-order valence-electron chi connectivity index (χ0n) is 11.9. The monoisotopic (exact) mass is 288 g/mol. The van der Waals surface area contributed by atoms with Crippen LogP contribution in [0.3, 0.4) is 0 Å². The van der Waals surface area contributed by atoms with Gasteiger partial charge in [-0.05, 0) is 67.8 Å². The molecule has 2 aromatic rings. The van der Waals surface area contributed by atoms with Gasteiger partial charge in [-0.3, -0.25) is 4.79 Å². The molecule has 0 aliphatic heterocycles. The molecule has 2 rings (SSSR count). The highest BCUT2D eigenvalue weighted by molar-refractivity contribution is 6.30. The van der Waals surface area contributed by atoms with Gasteiger partial charge in [-0.25, -0.2) is 0 Å². The number of hydrogen-bond acceptors (Lipinski definition) is 2. The highest BCUT2D eigenvalue weighted by Gasteiger charge is 2.11. The second kappa shape index (κ2) is 6.10. The predicted octanol–water partition coefficient (Wildman–Crippen LogP) is 4.53. The number of carbonyl (C=O) groups is 1. The molecular weight excluding hydrogens is 272 g/mol. The van der Waals surface area contributed by atoms with Gasteiger partial charge in [0, 0.05) is 10.6 Å². The van der Waals surface area contributed by atoms with Crippen molar-refractivity contribution in [2.24, 2.45) is 0 Å². The molecule has 0 saturated heterocycles. The molecule has 104 valence electrons. The van der Waals surface area contributed by atoms with Crippen molar-refractivity contribution >= 4 is 17.4 Å². The molecule has 0 unspecified atom stereocenters. The number of halogens is 1. The van der Waals surface area contributed by atoms with Crippen LogP contribution in [0.5, 0.6) is 5.75 Å². The van der Waals surface area contributed by atoms with Crippen molar-refractivity contribution < 1.29 is 9.53 Å². The molecule has 0 N–H and O–H groups in total. The molecular formula is C17H17ClO2. The number of benzene rings is 2. The minimum atomic E-state index is -0.0134. The van der Waals surface area contributed by atoms with E-state index in [2.05, 4.69) is 0 Å². The first-order valence-electron chi connectivity index (χ1n) is 6.47. The standard InChI is InChI=1S/C17H17ClO2/c1-11-8-13(3)16(9-12(11)2)17(19)10-20-15-6-4-14(18)5-7-15/h4-9H,10H2,1-3H3. The minimum absolute atomic E-state index is 0.0134. The lowest BCUT2D eigenvalue weighted by Gasteiger charge is -2.10. The zero-order valence-corrected chi connectivity index (χ0v) is 12.6. The summed E-state index contributed by atoms with van der Waals surface area (Å²) in [6.45, 7) is 6.03. The van der Waals surface area contributed by atoms with Crippen LogP contribution in [0.15, 0.2) is 36.4 Å². The van der Waals surface area contributed by atoms with Gasteiger partial charge in [0.15, 0.2) is 12.4 Å². The van der Waals surface area contributed by atoms with Gasteiger partial charge >= 0.3 is 0 Å². The average Bonchev–Trinajstić information content (AvgIpc) is 2.42. The maximum absolute atomic E-state index is 12.2. The van der Waals surface area contributed by atoms with Crippen LogP contribution >= 0.6 is 11.6 Å². The van der Waals surface area contributed by atoms with Crippen molar-refractivity contribution in [3.63, 3.8) is 0 Å². The molecule has 0 aliphatic rings. The van der Waals surface area contributed by atoms with E-state index in [4.69, 9.17) is 16.3 Å². The Morgan fingerprint density at radius 1 is 1.00 bits per heavy atom. The van der Waals surface area contributed by atoms with Crippen LogP contribution in [0.4, 0.5) is 0 Å². The highest BCUT2D eigenvalue weighted by atomic mass is 35.5. The van der Waals surface area contributed by atoms with E-state index >= 15 is 0 Å². The summed E-state index contributed by atoms with van der Waals surface area (Å²) in [7, 11) is 0. The van der Waals surface area contributed by atoms with Crippen molar-refractivity contribution in [3.8, 4) is 5.75 Å². The van der Waals surface area contributed by atoms with Crippen molar-refractivity contribution in [3.05, 3.63) is 63.7 Å². The number of aryl methyl sites for hydroxylation is 3. The second-order valence-electron chi connectivity index (χ2n) is 4.92. The van der Waals surface area contributed by atoms with Crippen LogP contribution in [0.1, 0.15) is 27.0 Å². The molecule has 0 heterocycles. The molecule has 0 atom stereocenters. The molecule has 0 aromatic heterocycles. The molecule has 2 nitrogen and oxygen atoms in total. The zero-order chi connectivity index (χ0) is 14.7. The number of Topliss-reactive ketones (excluding diaryl/α,β-unsaturated/α-hetero) is 1. The van der Waals surface area contributed by atoms with Gasteiger partial charge in [0.05, 0.1) is 0 Å². The summed E-state index contributed by atoms with van der Waals surface area (Å²) >= 11 is 5.80. The van der Waals surface area contributed by atoms with Crippen LogP contribution in [0.2, 0.25) is 5.02 Å². The number of hydrogen-bond donors (Lipinski definition) is 0. The van der Waals surface area contributed by atoms with Gasteiger partial charge in [0.1, 0.15) is 5.75 Å². The van der Waals surface area contributed by atoms with Crippen LogP contribution in [0, 0.1) is 20.8 Å². The molecule has 3 heteroatoms. The van der Waals surface area contributed by atoms with Crippen molar-refractivity contribution in [1.82, 2.24) is 0 Å². The van der Waals surface area contributed by atoms with Crippen LogP contribution in [0.25, 0.3) is 0 Å². The lowest BCUT2D eigenvalue weighted by molar-refractivity contribution is 0.0921. The molecule has 0 bridgehead atoms. The number of ketones is 1. The summed E-state index contributed by atoms with van der Waals surface area (Å²) in [4.78, 5) is 12.2. The van der Waals surface area contributed by atoms with Crippen LogP contribution in [-0.4, -0.2) is 12.4 Å². The fraction of sp³-hybridized carbons (Fsp3) is 0.235. The second-order valence-corrected chi connectivity index (χ2v) is 5.35. The Balaban J connectivity index is 2.09. The largest absolute Gasteiger partial charge is 0.485 e. The van der Waals surface area contributed by atoms with Crippen molar-refractivity contribution in [2.45, 2.75) is 20.8 Å². The average molecular weight is 289 g/mol. The van der Waals surface area contributed by atoms with Gasteiger partial charge in [-0.1, -0.05) is 17.7 Å². The number of ether oxygens (including phenoxy) is 1. The van der Waals surface area contributed by atoms with Gasteiger partial charge in [-0.2, -0.15) is 0 Å². The van der Waals surface area contributed by atoms with Gasteiger partial charge in [-0.15, -0.1) is 0 Å². The first-order valence-corrected chi connectivity index (χ1v) is 6.84. The maximum Gasteiger partial charge on any atom is 0.200 e. The molecule has 0 aliphatic carbocycles. The molecule has 0 fully saturated rings. The topological polar surface area (TPSA) is 26.3 Å². The lowest BCUT2D eigenvalue weighted by atomic mass is 9.98. The van der Waals surface area contributed by atoms with Crippen molar-refractivity contribution in [1.29, 1.82) is 0 Å². The van der Waals surface area contributed by atoms with E-state index in [1.165, 1.54) is 5.56 Å². The molecule has 0 amide bonds. The van der Waals surface area contributed by atoms with E-state index < -0.39 is 0 Å². The smallest absolute Gasteiger partial charge is 0.200 e. The highest BCUT2D eigenvalue weighted by Crippen LogP contribution is 2.18. The number of carbonyl (C=O) groups excluding carboxylic acids is 1. The normalized spacial score (nSPS) is 10.4. The molecule has 2 aromatic carbocycles. The third-order valence-corrected chi connectivity index (χ3v) is 3.58. The van der Waals surface area contributed by atoms with Gasteiger partial charge in [0.25, 0.3) is 0 Å². The summed E-state index contributed by atoms with van der Waals surface area (Å²) < 4.78 is 5.49. The van der Waals surface area contributed by atoms with E-state index in [0.717, 1.165) is 16.7 Å².